The molecule has 0 saturated heterocycles. The molecule has 116 valence electrons. The van der Waals surface area contributed by atoms with Gasteiger partial charge in [0.2, 0.25) is 0 Å². The Bertz CT molecular complexity index is 501. The maximum absolute atomic E-state index is 8.84. The highest BCUT2D eigenvalue weighted by atomic mass is 16.5. The SMILES string of the molecule is COc1cc(C(C)=NO)ccc1OC1CCCC(OC)C1. The molecule has 1 fully saturated rings. The molecule has 0 amide bonds. The monoisotopic (exact) mass is 293 g/mol. The quantitative estimate of drug-likeness (QED) is 0.514. The van der Waals surface area contributed by atoms with Crippen LogP contribution in [0.3, 0.4) is 0 Å². The first kappa shape index (κ1) is 15.6. The standard InChI is InChI=1S/C16H23NO4/c1-11(17-18)12-7-8-15(16(9-12)20-3)21-14-6-4-5-13(10-14)19-2/h7-9,13-14,18H,4-6,10H2,1-3H3. The molecule has 21 heavy (non-hydrogen) atoms. The second-order valence-corrected chi connectivity index (χ2v) is 5.32. The maximum atomic E-state index is 8.84. The number of ether oxygens (including phenoxy) is 3. The fourth-order valence-corrected chi connectivity index (χ4v) is 2.65. The van der Waals surface area contributed by atoms with E-state index < -0.39 is 0 Å². The lowest BCUT2D eigenvalue weighted by Gasteiger charge is -2.29. The fraction of sp³-hybridized carbons (Fsp3) is 0.562. The normalized spacial score (nSPS) is 22.9. The van der Waals surface area contributed by atoms with Crippen molar-refractivity contribution in [2.75, 3.05) is 14.2 Å². The number of oxime groups is 1. The minimum Gasteiger partial charge on any atom is -0.493 e. The molecular formula is C16H23NO4. The lowest BCUT2D eigenvalue weighted by molar-refractivity contribution is 0.0202. The molecular weight excluding hydrogens is 270 g/mol. The first-order valence-electron chi connectivity index (χ1n) is 7.24. The van der Waals surface area contributed by atoms with Gasteiger partial charge in [-0.1, -0.05) is 5.16 Å². The summed E-state index contributed by atoms with van der Waals surface area (Å²) in [5, 5.41) is 12.0. The van der Waals surface area contributed by atoms with Crippen LogP contribution >= 0.6 is 0 Å². The van der Waals surface area contributed by atoms with Gasteiger partial charge in [0, 0.05) is 19.1 Å². The molecule has 1 saturated carbocycles. The number of rotatable bonds is 5. The molecule has 0 radical (unpaired) electrons. The van der Waals surface area contributed by atoms with E-state index in [1.165, 1.54) is 0 Å². The fourth-order valence-electron chi connectivity index (χ4n) is 2.65. The van der Waals surface area contributed by atoms with Gasteiger partial charge in [-0.2, -0.15) is 0 Å². The van der Waals surface area contributed by atoms with E-state index in [0.717, 1.165) is 31.2 Å². The van der Waals surface area contributed by atoms with Crippen LogP contribution in [-0.4, -0.2) is 37.3 Å². The topological polar surface area (TPSA) is 60.3 Å². The van der Waals surface area contributed by atoms with Crippen molar-refractivity contribution in [3.63, 3.8) is 0 Å². The Morgan fingerprint density at radius 3 is 2.62 bits per heavy atom. The largest absolute Gasteiger partial charge is 0.493 e. The Labute approximate surface area is 125 Å². The molecule has 0 aromatic heterocycles. The van der Waals surface area contributed by atoms with Crippen LogP contribution in [0, 0.1) is 0 Å². The van der Waals surface area contributed by atoms with Crippen molar-refractivity contribution in [1.29, 1.82) is 0 Å². The summed E-state index contributed by atoms with van der Waals surface area (Å²) in [6.07, 6.45) is 4.56. The van der Waals surface area contributed by atoms with Crippen LogP contribution in [0.1, 0.15) is 38.2 Å². The van der Waals surface area contributed by atoms with Gasteiger partial charge in [-0.05, 0) is 44.4 Å². The zero-order chi connectivity index (χ0) is 15.2. The van der Waals surface area contributed by atoms with Gasteiger partial charge in [-0.3, -0.25) is 0 Å². The number of hydrogen-bond acceptors (Lipinski definition) is 5. The highest BCUT2D eigenvalue weighted by molar-refractivity contribution is 5.98. The Kier molecular flexibility index (Phi) is 5.44. The van der Waals surface area contributed by atoms with Gasteiger partial charge in [-0.15, -0.1) is 0 Å². The Hall–Kier alpha value is -1.75. The molecule has 1 aliphatic carbocycles. The first-order valence-corrected chi connectivity index (χ1v) is 7.24. The van der Waals surface area contributed by atoms with Crippen molar-refractivity contribution in [3.8, 4) is 11.5 Å². The summed E-state index contributed by atoms with van der Waals surface area (Å²) >= 11 is 0. The van der Waals surface area contributed by atoms with Crippen molar-refractivity contribution in [2.45, 2.75) is 44.8 Å². The lowest BCUT2D eigenvalue weighted by Crippen LogP contribution is -2.29. The van der Waals surface area contributed by atoms with Crippen molar-refractivity contribution in [1.82, 2.24) is 0 Å². The molecule has 0 heterocycles. The molecule has 2 rings (SSSR count). The van der Waals surface area contributed by atoms with Crippen LogP contribution < -0.4 is 9.47 Å². The van der Waals surface area contributed by atoms with Gasteiger partial charge >= 0.3 is 0 Å². The zero-order valence-electron chi connectivity index (χ0n) is 12.8. The third-order valence-electron chi connectivity index (χ3n) is 3.94. The predicted molar refractivity (Wildman–Crippen MR) is 80.7 cm³/mol. The molecule has 0 aliphatic heterocycles. The van der Waals surface area contributed by atoms with E-state index in [2.05, 4.69) is 5.16 Å². The van der Waals surface area contributed by atoms with E-state index >= 15 is 0 Å². The molecule has 5 heteroatoms. The third kappa shape index (κ3) is 3.88. The van der Waals surface area contributed by atoms with Gasteiger partial charge < -0.3 is 19.4 Å². The van der Waals surface area contributed by atoms with Crippen LogP contribution in [0.15, 0.2) is 23.4 Å². The molecule has 1 aliphatic rings. The van der Waals surface area contributed by atoms with Crippen LogP contribution in [0.4, 0.5) is 0 Å². The first-order chi connectivity index (χ1) is 10.2. The van der Waals surface area contributed by atoms with Crippen molar-refractivity contribution < 1.29 is 19.4 Å². The second kappa shape index (κ2) is 7.31. The maximum Gasteiger partial charge on any atom is 0.161 e. The molecule has 0 spiro atoms. The van der Waals surface area contributed by atoms with E-state index in [9.17, 15) is 0 Å². The van der Waals surface area contributed by atoms with E-state index in [-0.39, 0.29) is 12.2 Å². The minimum atomic E-state index is 0.149. The highest BCUT2D eigenvalue weighted by Gasteiger charge is 2.24. The van der Waals surface area contributed by atoms with Gasteiger partial charge in [0.15, 0.2) is 11.5 Å². The minimum absolute atomic E-state index is 0.149. The average Bonchev–Trinajstić information content (AvgIpc) is 2.54. The molecule has 2 atom stereocenters. The Morgan fingerprint density at radius 1 is 1.19 bits per heavy atom. The van der Waals surface area contributed by atoms with E-state index in [0.29, 0.717) is 17.2 Å². The summed E-state index contributed by atoms with van der Waals surface area (Å²) < 4.78 is 16.9. The van der Waals surface area contributed by atoms with Crippen LogP contribution in [0.25, 0.3) is 0 Å². The van der Waals surface area contributed by atoms with Crippen molar-refractivity contribution in [2.24, 2.45) is 5.16 Å². The summed E-state index contributed by atoms with van der Waals surface area (Å²) in [4.78, 5) is 0. The van der Waals surface area contributed by atoms with Crippen molar-refractivity contribution in [3.05, 3.63) is 23.8 Å². The summed E-state index contributed by atoms with van der Waals surface area (Å²) in [5.41, 5.74) is 1.34. The van der Waals surface area contributed by atoms with Crippen LogP contribution in [0.5, 0.6) is 11.5 Å². The molecule has 5 nitrogen and oxygen atoms in total. The van der Waals surface area contributed by atoms with Crippen LogP contribution in [0.2, 0.25) is 0 Å². The van der Waals surface area contributed by atoms with E-state index in [4.69, 9.17) is 19.4 Å². The molecule has 2 unspecified atom stereocenters. The predicted octanol–water partition coefficient (Wildman–Crippen LogP) is 3.23. The number of benzene rings is 1. The smallest absolute Gasteiger partial charge is 0.161 e. The number of methoxy groups -OCH3 is 2. The lowest BCUT2D eigenvalue weighted by atomic mass is 9.95. The summed E-state index contributed by atoms with van der Waals surface area (Å²) in [7, 11) is 3.36. The van der Waals surface area contributed by atoms with Gasteiger partial charge in [0.25, 0.3) is 0 Å². The number of nitrogens with zero attached hydrogens (tertiary/aromatic N) is 1. The van der Waals surface area contributed by atoms with Crippen molar-refractivity contribution >= 4 is 5.71 Å². The average molecular weight is 293 g/mol. The Balaban J connectivity index is 2.12. The zero-order valence-corrected chi connectivity index (χ0v) is 12.8. The summed E-state index contributed by atoms with van der Waals surface area (Å²) in [6, 6.07) is 5.55. The highest BCUT2D eigenvalue weighted by Crippen LogP contribution is 2.32. The third-order valence-corrected chi connectivity index (χ3v) is 3.94. The summed E-state index contributed by atoms with van der Waals surface area (Å²) in [6.45, 7) is 1.74. The molecule has 1 N–H and O–H groups in total. The van der Waals surface area contributed by atoms with Gasteiger partial charge in [-0.25, -0.2) is 0 Å². The second-order valence-electron chi connectivity index (χ2n) is 5.32. The molecule has 1 aromatic carbocycles. The van der Waals surface area contributed by atoms with Gasteiger partial charge in [0.05, 0.1) is 18.9 Å². The molecule has 1 aromatic rings. The van der Waals surface area contributed by atoms with E-state index in [1.54, 1.807) is 21.1 Å². The Morgan fingerprint density at radius 2 is 1.95 bits per heavy atom. The molecule has 0 bridgehead atoms. The van der Waals surface area contributed by atoms with E-state index in [1.807, 2.05) is 18.2 Å². The summed E-state index contributed by atoms with van der Waals surface area (Å²) in [5.74, 6) is 1.36. The van der Waals surface area contributed by atoms with Gasteiger partial charge in [0.1, 0.15) is 6.10 Å². The van der Waals surface area contributed by atoms with Crippen LogP contribution in [-0.2, 0) is 4.74 Å². The number of hydrogen-bond donors (Lipinski definition) is 1.